The van der Waals surface area contributed by atoms with Crippen LogP contribution >= 0.6 is 0 Å². The van der Waals surface area contributed by atoms with Crippen LogP contribution < -0.4 is 0 Å². The summed E-state index contributed by atoms with van der Waals surface area (Å²) in [7, 11) is 2.28. The first-order chi connectivity index (χ1) is 9.08. The van der Waals surface area contributed by atoms with Crippen molar-refractivity contribution >= 4 is 0 Å². The van der Waals surface area contributed by atoms with E-state index in [0.29, 0.717) is 5.41 Å². The summed E-state index contributed by atoms with van der Waals surface area (Å²) in [6.45, 7) is 12.9. The van der Waals surface area contributed by atoms with Crippen molar-refractivity contribution in [2.45, 2.75) is 38.8 Å². The largest absolute Gasteiger partial charge is 0.306 e. The molecule has 3 heterocycles. The van der Waals surface area contributed by atoms with E-state index in [1.807, 2.05) is 0 Å². The van der Waals surface area contributed by atoms with E-state index >= 15 is 0 Å². The average molecular weight is 263 g/mol. The molecule has 1 aliphatic carbocycles. The summed E-state index contributed by atoms with van der Waals surface area (Å²) in [6, 6.07) is 1.70. The Balaban J connectivity index is 1.37. The van der Waals surface area contributed by atoms with E-state index in [0.717, 1.165) is 23.9 Å². The van der Waals surface area contributed by atoms with Gasteiger partial charge in [0.2, 0.25) is 0 Å². The van der Waals surface area contributed by atoms with Gasteiger partial charge in [-0.1, -0.05) is 0 Å². The molecule has 4 aliphatic rings. The molecule has 0 amide bonds. The van der Waals surface area contributed by atoms with Gasteiger partial charge in [-0.15, -0.1) is 0 Å². The van der Waals surface area contributed by atoms with E-state index in [-0.39, 0.29) is 0 Å². The Labute approximate surface area is 117 Å². The van der Waals surface area contributed by atoms with Crippen LogP contribution in [0.1, 0.15) is 26.7 Å². The van der Waals surface area contributed by atoms with Crippen LogP contribution in [0.25, 0.3) is 0 Å². The standard InChI is InChI=1S/C16H29N3/c1-12(2)18-6-4-16(10-18)5-7-19(11-16)15-13-8-17(3)9-14(13)15/h12-15H,4-11H2,1-3H3. The first-order valence-electron chi connectivity index (χ1n) is 8.25. The molecule has 0 radical (unpaired) electrons. The van der Waals surface area contributed by atoms with Crippen molar-refractivity contribution in [2.24, 2.45) is 17.3 Å². The lowest BCUT2D eigenvalue weighted by molar-refractivity contribution is 0.198. The third-order valence-electron chi connectivity index (χ3n) is 6.42. The molecule has 1 saturated carbocycles. The molecule has 0 aromatic heterocycles. The molecule has 108 valence electrons. The Morgan fingerprint density at radius 1 is 1.00 bits per heavy atom. The number of nitrogens with zero attached hydrogens (tertiary/aromatic N) is 3. The second kappa shape index (κ2) is 4.19. The third kappa shape index (κ3) is 1.97. The van der Waals surface area contributed by atoms with Crippen molar-refractivity contribution in [1.82, 2.24) is 14.7 Å². The number of likely N-dealkylation sites (tertiary alicyclic amines) is 3. The van der Waals surface area contributed by atoms with E-state index in [2.05, 4.69) is 35.6 Å². The van der Waals surface area contributed by atoms with Gasteiger partial charge in [0.25, 0.3) is 0 Å². The van der Waals surface area contributed by atoms with Crippen LogP contribution in [0.2, 0.25) is 0 Å². The highest BCUT2D eigenvalue weighted by molar-refractivity contribution is 5.13. The number of hydrogen-bond acceptors (Lipinski definition) is 3. The van der Waals surface area contributed by atoms with Gasteiger partial charge in [0, 0.05) is 38.3 Å². The van der Waals surface area contributed by atoms with Crippen LogP contribution in [0.5, 0.6) is 0 Å². The monoisotopic (exact) mass is 263 g/mol. The number of fused-ring (bicyclic) bond motifs is 1. The highest BCUT2D eigenvalue weighted by Gasteiger charge is 2.59. The summed E-state index contributed by atoms with van der Waals surface area (Å²) in [4.78, 5) is 8.09. The lowest BCUT2D eigenvalue weighted by Crippen LogP contribution is -2.36. The van der Waals surface area contributed by atoms with E-state index in [4.69, 9.17) is 0 Å². The summed E-state index contributed by atoms with van der Waals surface area (Å²) in [5.41, 5.74) is 0.660. The fourth-order valence-corrected chi connectivity index (χ4v) is 5.22. The topological polar surface area (TPSA) is 9.72 Å². The van der Waals surface area contributed by atoms with Gasteiger partial charge in [-0.05, 0) is 64.1 Å². The third-order valence-corrected chi connectivity index (χ3v) is 6.42. The minimum atomic E-state index is 0.660. The molecule has 0 aromatic rings. The van der Waals surface area contributed by atoms with Crippen LogP contribution in [0, 0.1) is 17.3 Å². The molecule has 3 atom stereocenters. The lowest BCUT2D eigenvalue weighted by atomic mass is 9.86. The number of piperidine rings is 1. The Morgan fingerprint density at radius 2 is 1.68 bits per heavy atom. The highest BCUT2D eigenvalue weighted by atomic mass is 15.3. The highest BCUT2D eigenvalue weighted by Crippen LogP contribution is 2.52. The minimum Gasteiger partial charge on any atom is -0.306 e. The van der Waals surface area contributed by atoms with Crippen LogP contribution in [0.15, 0.2) is 0 Å². The predicted octanol–water partition coefficient (Wildman–Crippen LogP) is 1.35. The smallest absolute Gasteiger partial charge is 0.0184 e. The lowest BCUT2D eigenvalue weighted by Gasteiger charge is -2.27. The van der Waals surface area contributed by atoms with Crippen LogP contribution in [0.4, 0.5) is 0 Å². The zero-order valence-corrected chi connectivity index (χ0v) is 12.8. The normalized spacial score (nSPS) is 47.7. The van der Waals surface area contributed by atoms with Gasteiger partial charge in [-0.25, -0.2) is 0 Å². The van der Waals surface area contributed by atoms with Crippen molar-refractivity contribution < 1.29 is 0 Å². The molecule has 0 bridgehead atoms. The first-order valence-corrected chi connectivity index (χ1v) is 8.25. The molecule has 19 heavy (non-hydrogen) atoms. The molecule has 3 saturated heterocycles. The molecule has 3 unspecified atom stereocenters. The fraction of sp³-hybridized carbons (Fsp3) is 1.00. The van der Waals surface area contributed by atoms with Crippen molar-refractivity contribution in [3.63, 3.8) is 0 Å². The molecule has 0 N–H and O–H groups in total. The molecular weight excluding hydrogens is 234 g/mol. The van der Waals surface area contributed by atoms with E-state index in [1.54, 1.807) is 0 Å². The van der Waals surface area contributed by atoms with Crippen LogP contribution in [-0.2, 0) is 0 Å². The summed E-state index contributed by atoms with van der Waals surface area (Å²) in [6.07, 6.45) is 2.91. The van der Waals surface area contributed by atoms with Gasteiger partial charge in [0.05, 0.1) is 0 Å². The van der Waals surface area contributed by atoms with E-state index in [9.17, 15) is 0 Å². The van der Waals surface area contributed by atoms with E-state index < -0.39 is 0 Å². The SMILES string of the molecule is CC(C)N1CCC2(CCN(C3C4CN(C)CC43)C2)C1. The van der Waals surface area contributed by atoms with Crippen molar-refractivity contribution in [1.29, 1.82) is 0 Å². The molecule has 3 heteroatoms. The molecule has 0 aromatic carbocycles. The quantitative estimate of drug-likeness (QED) is 0.745. The Bertz CT molecular complexity index is 357. The van der Waals surface area contributed by atoms with Crippen molar-refractivity contribution in [3.05, 3.63) is 0 Å². The van der Waals surface area contributed by atoms with Crippen molar-refractivity contribution in [3.8, 4) is 0 Å². The Morgan fingerprint density at radius 3 is 2.32 bits per heavy atom. The summed E-state index contributed by atoms with van der Waals surface area (Å²) >= 11 is 0. The molecule has 3 aliphatic heterocycles. The molecule has 4 fully saturated rings. The number of rotatable bonds is 2. The van der Waals surface area contributed by atoms with Gasteiger partial charge in [0.1, 0.15) is 0 Å². The van der Waals surface area contributed by atoms with Gasteiger partial charge in [0.15, 0.2) is 0 Å². The van der Waals surface area contributed by atoms with Crippen LogP contribution in [-0.4, -0.2) is 73.1 Å². The number of hydrogen-bond donors (Lipinski definition) is 0. The summed E-state index contributed by atoms with van der Waals surface area (Å²) in [5.74, 6) is 2.03. The van der Waals surface area contributed by atoms with E-state index in [1.165, 1.54) is 52.1 Å². The van der Waals surface area contributed by atoms with Gasteiger partial charge < -0.3 is 9.80 Å². The maximum Gasteiger partial charge on any atom is 0.0184 e. The zero-order chi connectivity index (χ0) is 13.2. The van der Waals surface area contributed by atoms with Gasteiger partial charge in [-0.3, -0.25) is 4.90 Å². The predicted molar refractivity (Wildman–Crippen MR) is 78.2 cm³/mol. The van der Waals surface area contributed by atoms with Crippen molar-refractivity contribution in [2.75, 3.05) is 46.3 Å². The minimum absolute atomic E-state index is 0.660. The maximum absolute atomic E-state index is 2.87. The Hall–Kier alpha value is -0.120. The first kappa shape index (κ1) is 12.6. The Kier molecular flexibility index (Phi) is 2.78. The molecular formula is C16H29N3. The maximum atomic E-state index is 2.87. The molecule has 1 spiro atoms. The fourth-order valence-electron chi connectivity index (χ4n) is 5.22. The average Bonchev–Trinajstić information content (AvgIpc) is 2.83. The van der Waals surface area contributed by atoms with Crippen LogP contribution in [0.3, 0.4) is 0 Å². The zero-order valence-electron chi connectivity index (χ0n) is 12.8. The molecule has 3 nitrogen and oxygen atoms in total. The van der Waals surface area contributed by atoms with Gasteiger partial charge >= 0.3 is 0 Å². The second-order valence-corrected chi connectivity index (χ2v) is 8.07. The second-order valence-electron chi connectivity index (χ2n) is 8.07. The van der Waals surface area contributed by atoms with Gasteiger partial charge in [-0.2, -0.15) is 0 Å². The molecule has 4 rings (SSSR count). The summed E-state index contributed by atoms with van der Waals surface area (Å²) < 4.78 is 0. The summed E-state index contributed by atoms with van der Waals surface area (Å²) in [5, 5.41) is 0.